The number of hydrogen-bond donors (Lipinski definition) is 3. The third kappa shape index (κ3) is 4.76. The van der Waals surface area contributed by atoms with Crippen LogP contribution < -0.4 is 10.6 Å². The summed E-state index contributed by atoms with van der Waals surface area (Å²) in [4.78, 5) is 9.12. The lowest BCUT2D eigenvalue weighted by atomic mass is 10.1. The molecule has 2 heterocycles. The van der Waals surface area contributed by atoms with E-state index in [4.69, 9.17) is 0 Å². The molecular weight excluding hydrogens is 443 g/mol. The number of aromatic amines is 1. The quantitative estimate of drug-likeness (QED) is 0.296. The number of halogens is 1. The lowest BCUT2D eigenvalue weighted by Crippen LogP contribution is -2.37. The van der Waals surface area contributed by atoms with Crippen molar-refractivity contribution < 1.29 is 0 Å². The number of thiophene rings is 1. The highest BCUT2D eigenvalue weighted by atomic mass is 127. The maximum Gasteiger partial charge on any atom is 0.191 e. The molecule has 0 unspecified atom stereocenters. The molecule has 0 fully saturated rings. The minimum Gasteiger partial charge on any atom is -0.358 e. The molecule has 25 heavy (non-hydrogen) atoms. The molecule has 0 aliphatic heterocycles. The van der Waals surface area contributed by atoms with E-state index in [1.54, 1.807) is 11.3 Å². The molecule has 0 amide bonds. The molecule has 0 aliphatic rings. The minimum atomic E-state index is 0. The van der Waals surface area contributed by atoms with Crippen LogP contribution in [-0.4, -0.2) is 24.5 Å². The first-order valence-corrected chi connectivity index (χ1v) is 9.10. The summed E-state index contributed by atoms with van der Waals surface area (Å²) in [5.74, 6) is 0.847. The summed E-state index contributed by atoms with van der Waals surface area (Å²) in [7, 11) is 1.81. The normalized spacial score (nSPS) is 11.4. The van der Waals surface area contributed by atoms with Crippen LogP contribution in [0.2, 0.25) is 0 Å². The first kappa shape index (κ1) is 19.8. The third-order valence-electron chi connectivity index (χ3n) is 4.30. The third-order valence-corrected chi connectivity index (χ3v) is 5.33. The molecule has 0 spiro atoms. The van der Waals surface area contributed by atoms with Gasteiger partial charge in [0, 0.05) is 35.1 Å². The standard InChI is InChI=1S/C19H24N4S.HI/c1-13-9-11-24-18(13)12-22-19(20-3)21-10-8-15-14(2)23-17-7-5-4-6-16(15)17;/h4-7,9,11,23H,8,10,12H2,1-3H3,(H2,20,21,22);1H. The Morgan fingerprint density at radius 3 is 2.68 bits per heavy atom. The van der Waals surface area contributed by atoms with Crippen molar-refractivity contribution in [1.29, 1.82) is 0 Å². The number of guanidine groups is 1. The van der Waals surface area contributed by atoms with Crippen molar-refractivity contribution in [2.75, 3.05) is 13.6 Å². The summed E-state index contributed by atoms with van der Waals surface area (Å²) < 4.78 is 0. The van der Waals surface area contributed by atoms with Crippen LogP contribution >= 0.6 is 35.3 Å². The van der Waals surface area contributed by atoms with Crippen molar-refractivity contribution in [3.8, 4) is 0 Å². The van der Waals surface area contributed by atoms with Crippen LogP contribution in [0.3, 0.4) is 0 Å². The van der Waals surface area contributed by atoms with Crippen molar-refractivity contribution in [1.82, 2.24) is 15.6 Å². The summed E-state index contributed by atoms with van der Waals surface area (Å²) in [6, 6.07) is 10.6. The number of aliphatic imine (C=N–C) groups is 1. The van der Waals surface area contributed by atoms with Crippen LogP contribution in [0, 0.1) is 13.8 Å². The Morgan fingerprint density at radius 1 is 1.16 bits per heavy atom. The number of nitrogens with one attached hydrogen (secondary N) is 3. The number of para-hydroxylation sites is 1. The van der Waals surface area contributed by atoms with Crippen LogP contribution in [0.5, 0.6) is 0 Å². The molecule has 0 saturated heterocycles. The molecule has 0 saturated carbocycles. The van der Waals surface area contributed by atoms with Crippen molar-refractivity contribution in [3.05, 3.63) is 57.4 Å². The molecule has 3 N–H and O–H groups in total. The van der Waals surface area contributed by atoms with Crippen molar-refractivity contribution in [2.45, 2.75) is 26.8 Å². The number of rotatable bonds is 5. The second-order valence-electron chi connectivity index (χ2n) is 5.90. The second-order valence-corrected chi connectivity index (χ2v) is 6.90. The number of H-pyrrole nitrogens is 1. The maximum absolute atomic E-state index is 4.31. The zero-order valence-corrected chi connectivity index (χ0v) is 18.0. The highest BCUT2D eigenvalue weighted by Gasteiger charge is 2.08. The van der Waals surface area contributed by atoms with E-state index in [9.17, 15) is 0 Å². The molecular formula is C19H25IN4S. The van der Waals surface area contributed by atoms with Gasteiger partial charge in [0.25, 0.3) is 0 Å². The Balaban J connectivity index is 0.00000225. The van der Waals surface area contributed by atoms with Gasteiger partial charge in [0.15, 0.2) is 5.96 Å². The van der Waals surface area contributed by atoms with Crippen molar-refractivity contribution >= 4 is 52.2 Å². The Morgan fingerprint density at radius 2 is 1.96 bits per heavy atom. The van der Waals surface area contributed by atoms with Gasteiger partial charge in [-0.05, 0) is 48.9 Å². The lowest BCUT2D eigenvalue weighted by Gasteiger charge is -2.12. The topological polar surface area (TPSA) is 52.2 Å². The Bertz CT molecular complexity index is 850. The molecule has 4 nitrogen and oxygen atoms in total. The van der Waals surface area contributed by atoms with Gasteiger partial charge in [0.2, 0.25) is 0 Å². The zero-order chi connectivity index (χ0) is 16.9. The fourth-order valence-electron chi connectivity index (χ4n) is 2.93. The van der Waals surface area contributed by atoms with E-state index in [1.165, 1.54) is 32.6 Å². The number of hydrogen-bond acceptors (Lipinski definition) is 2. The Kier molecular flexibility index (Phi) is 7.31. The molecule has 6 heteroatoms. The van der Waals surface area contributed by atoms with Gasteiger partial charge in [-0.25, -0.2) is 0 Å². The molecule has 1 aromatic carbocycles. The SMILES string of the molecule is CN=C(NCCc1c(C)[nH]c2ccccc12)NCc1sccc1C.I. The highest BCUT2D eigenvalue weighted by molar-refractivity contribution is 14.0. The van der Waals surface area contributed by atoms with E-state index < -0.39 is 0 Å². The fourth-order valence-corrected chi connectivity index (χ4v) is 3.78. The van der Waals surface area contributed by atoms with E-state index >= 15 is 0 Å². The van der Waals surface area contributed by atoms with Gasteiger partial charge in [-0.15, -0.1) is 35.3 Å². The highest BCUT2D eigenvalue weighted by Crippen LogP contribution is 2.21. The van der Waals surface area contributed by atoms with Gasteiger partial charge in [-0.3, -0.25) is 4.99 Å². The summed E-state index contributed by atoms with van der Waals surface area (Å²) in [5, 5.41) is 10.2. The first-order chi connectivity index (χ1) is 11.7. The number of aromatic nitrogens is 1. The second kappa shape index (κ2) is 9.24. The van der Waals surface area contributed by atoms with Gasteiger partial charge < -0.3 is 15.6 Å². The molecule has 0 radical (unpaired) electrons. The smallest absolute Gasteiger partial charge is 0.191 e. The number of fused-ring (bicyclic) bond motifs is 1. The van der Waals surface area contributed by atoms with Crippen molar-refractivity contribution in [3.63, 3.8) is 0 Å². The molecule has 3 rings (SSSR count). The summed E-state index contributed by atoms with van der Waals surface area (Å²) in [6.45, 7) is 5.95. The largest absolute Gasteiger partial charge is 0.358 e. The predicted octanol–water partition coefficient (Wildman–Crippen LogP) is 4.37. The molecule has 2 aromatic heterocycles. The average Bonchev–Trinajstić information content (AvgIpc) is 3.13. The molecule has 0 bridgehead atoms. The first-order valence-electron chi connectivity index (χ1n) is 8.22. The monoisotopic (exact) mass is 468 g/mol. The summed E-state index contributed by atoms with van der Waals surface area (Å²) in [5.41, 5.74) is 5.16. The minimum absolute atomic E-state index is 0. The maximum atomic E-state index is 4.31. The molecule has 134 valence electrons. The molecule has 0 aliphatic carbocycles. The van der Waals surface area contributed by atoms with Gasteiger partial charge in [0.1, 0.15) is 0 Å². The van der Waals surface area contributed by atoms with Crippen LogP contribution in [-0.2, 0) is 13.0 Å². The summed E-state index contributed by atoms with van der Waals surface area (Å²) in [6.07, 6.45) is 0.967. The Hall–Kier alpha value is -1.54. The van der Waals surface area contributed by atoms with E-state index in [0.29, 0.717) is 0 Å². The van der Waals surface area contributed by atoms with Crippen LogP contribution in [0.15, 0.2) is 40.7 Å². The number of nitrogens with zero attached hydrogens (tertiary/aromatic N) is 1. The fraction of sp³-hybridized carbons (Fsp3) is 0.316. The predicted molar refractivity (Wildman–Crippen MR) is 119 cm³/mol. The molecule has 0 atom stereocenters. The van der Waals surface area contributed by atoms with Crippen molar-refractivity contribution in [2.24, 2.45) is 4.99 Å². The number of aryl methyl sites for hydroxylation is 2. The molecule has 3 aromatic rings. The van der Waals surface area contributed by atoms with Crippen LogP contribution in [0.25, 0.3) is 10.9 Å². The lowest BCUT2D eigenvalue weighted by molar-refractivity contribution is 0.797. The van der Waals surface area contributed by atoms with Gasteiger partial charge in [0.05, 0.1) is 6.54 Å². The summed E-state index contributed by atoms with van der Waals surface area (Å²) >= 11 is 1.78. The zero-order valence-electron chi connectivity index (χ0n) is 14.8. The van der Waals surface area contributed by atoms with E-state index in [-0.39, 0.29) is 24.0 Å². The van der Waals surface area contributed by atoms with E-state index in [0.717, 1.165) is 25.5 Å². The van der Waals surface area contributed by atoms with Crippen LogP contribution in [0.1, 0.15) is 21.7 Å². The Labute approximate surface area is 170 Å². The number of benzene rings is 1. The van der Waals surface area contributed by atoms with E-state index in [2.05, 4.69) is 70.2 Å². The van der Waals surface area contributed by atoms with Gasteiger partial charge >= 0.3 is 0 Å². The van der Waals surface area contributed by atoms with E-state index in [1.807, 2.05) is 7.05 Å². The average molecular weight is 468 g/mol. The van der Waals surface area contributed by atoms with Gasteiger partial charge in [-0.1, -0.05) is 18.2 Å². The van der Waals surface area contributed by atoms with Crippen LogP contribution in [0.4, 0.5) is 0 Å². The van der Waals surface area contributed by atoms with Gasteiger partial charge in [-0.2, -0.15) is 0 Å².